The van der Waals surface area contributed by atoms with Crippen LogP contribution in [0.3, 0.4) is 0 Å². The smallest absolute Gasteiger partial charge is 0.387 e. The maximum atomic E-state index is 12.1. The van der Waals surface area contributed by atoms with E-state index in [1.807, 2.05) is 0 Å². The maximum Gasteiger partial charge on any atom is 0.387 e. The Balaban J connectivity index is 1.87. The number of rotatable bonds is 6. The molecule has 23 heavy (non-hydrogen) atoms. The third-order valence-corrected chi connectivity index (χ3v) is 2.71. The summed E-state index contributed by atoms with van der Waals surface area (Å²) < 4.78 is 30.0. The number of ether oxygens (including phenoxy) is 1. The quantitative estimate of drug-likeness (QED) is 0.841. The van der Waals surface area contributed by atoms with Gasteiger partial charge in [-0.15, -0.1) is 0 Å². The average Bonchev–Trinajstić information content (AvgIpc) is 2.89. The first-order valence-corrected chi connectivity index (χ1v) is 6.56. The van der Waals surface area contributed by atoms with E-state index in [0.717, 1.165) is 6.07 Å². The lowest BCUT2D eigenvalue weighted by Gasteiger charge is -2.08. The highest BCUT2D eigenvalue weighted by atomic mass is 19.3. The zero-order chi connectivity index (χ0) is 16.8. The monoisotopic (exact) mass is 324 g/mol. The Bertz CT molecular complexity index is 703. The van der Waals surface area contributed by atoms with Crippen LogP contribution in [0, 0.1) is 0 Å². The van der Waals surface area contributed by atoms with Gasteiger partial charge in [-0.05, 0) is 18.2 Å². The number of aryl methyl sites for hydroxylation is 1. The fourth-order valence-electron chi connectivity index (χ4n) is 1.74. The summed E-state index contributed by atoms with van der Waals surface area (Å²) in [5.41, 5.74) is 0.105. The van der Waals surface area contributed by atoms with Gasteiger partial charge in [0, 0.05) is 24.9 Å². The van der Waals surface area contributed by atoms with Gasteiger partial charge in [0.15, 0.2) is 5.82 Å². The minimum atomic E-state index is -2.97. The summed E-state index contributed by atoms with van der Waals surface area (Å²) in [6.45, 7) is -3.26. The summed E-state index contributed by atoms with van der Waals surface area (Å²) >= 11 is 0. The lowest BCUT2D eigenvalue weighted by molar-refractivity contribution is -0.115. The summed E-state index contributed by atoms with van der Waals surface area (Å²) in [6, 6.07) is 6.89. The van der Waals surface area contributed by atoms with Crippen LogP contribution < -0.4 is 15.4 Å². The van der Waals surface area contributed by atoms with Gasteiger partial charge in [-0.25, -0.2) is 0 Å². The highest BCUT2D eigenvalue weighted by Gasteiger charge is 2.11. The molecule has 0 aliphatic heterocycles. The van der Waals surface area contributed by atoms with Gasteiger partial charge in [0.05, 0.1) is 6.54 Å². The number of nitrogens with zero attached hydrogens (tertiary/aromatic N) is 2. The van der Waals surface area contributed by atoms with Gasteiger partial charge < -0.3 is 15.4 Å². The van der Waals surface area contributed by atoms with Crippen LogP contribution in [0.25, 0.3) is 0 Å². The maximum absolute atomic E-state index is 12.1. The largest absolute Gasteiger partial charge is 0.435 e. The predicted molar refractivity (Wildman–Crippen MR) is 77.2 cm³/mol. The van der Waals surface area contributed by atoms with Crippen molar-refractivity contribution in [2.45, 2.75) is 6.61 Å². The Kier molecular flexibility index (Phi) is 5.23. The van der Waals surface area contributed by atoms with E-state index in [9.17, 15) is 18.4 Å². The molecule has 7 nitrogen and oxygen atoms in total. The van der Waals surface area contributed by atoms with E-state index in [0.29, 0.717) is 5.82 Å². The molecule has 1 aromatic carbocycles. The number of hydrogen-bond acceptors (Lipinski definition) is 4. The van der Waals surface area contributed by atoms with Gasteiger partial charge in [0.25, 0.3) is 5.91 Å². The highest BCUT2D eigenvalue weighted by molar-refractivity contribution is 5.99. The molecule has 0 aliphatic carbocycles. The van der Waals surface area contributed by atoms with Crippen LogP contribution in [0.1, 0.15) is 10.4 Å². The molecule has 2 aromatic rings. The molecule has 0 aliphatic rings. The Morgan fingerprint density at radius 3 is 2.78 bits per heavy atom. The molecular weight excluding hydrogens is 310 g/mol. The second-order valence-electron chi connectivity index (χ2n) is 4.51. The van der Waals surface area contributed by atoms with E-state index in [1.54, 1.807) is 19.3 Å². The van der Waals surface area contributed by atoms with Gasteiger partial charge in [0.2, 0.25) is 5.91 Å². The van der Waals surface area contributed by atoms with Crippen molar-refractivity contribution >= 4 is 17.6 Å². The molecule has 9 heteroatoms. The van der Waals surface area contributed by atoms with Gasteiger partial charge in [-0.1, -0.05) is 6.07 Å². The number of nitrogens with one attached hydrogen (secondary N) is 2. The topological polar surface area (TPSA) is 85.2 Å². The summed E-state index contributed by atoms with van der Waals surface area (Å²) in [5, 5.41) is 8.83. The van der Waals surface area contributed by atoms with Crippen molar-refractivity contribution in [3.05, 3.63) is 42.1 Å². The first-order chi connectivity index (χ1) is 10.9. The molecule has 1 heterocycles. The number of alkyl halides is 2. The summed E-state index contributed by atoms with van der Waals surface area (Å²) in [7, 11) is 1.70. The number of halogens is 2. The molecule has 0 spiro atoms. The van der Waals surface area contributed by atoms with E-state index < -0.39 is 18.4 Å². The van der Waals surface area contributed by atoms with Crippen molar-refractivity contribution in [2.24, 2.45) is 7.05 Å². The molecule has 0 atom stereocenters. The van der Waals surface area contributed by atoms with Crippen LogP contribution in [-0.4, -0.2) is 34.8 Å². The van der Waals surface area contributed by atoms with Crippen molar-refractivity contribution < 1.29 is 23.1 Å². The van der Waals surface area contributed by atoms with E-state index in [4.69, 9.17) is 0 Å². The van der Waals surface area contributed by atoms with Crippen LogP contribution in [0.5, 0.6) is 5.75 Å². The standard InChI is InChI=1S/C14H14F2N4O3/c1-20-6-5-11(19-20)18-12(21)8-17-13(22)9-3-2-4-10(7-9)23-14(15)16/h2-7,14H,8H2,1H3,(H,17,22)(H,18,19,21). The lowest BCUT2D eigenvalue weighted by atomic mass is 10.2. The first kappa shape index (κ1) is 16.4. The zero-order valence-corrected chi connectivity index (χ0v) is 12.1. The molecule has 122 valence electrons. The van der Waals surface area contributed by atoms with Crippen LogP contribution >= 0.6 is 0 Å². The molecule has 0 bridgehead atoms. The summed E-state index contributed by atoms with van der Waals surface area (Å²) in [6.07, 6.45) is 1.66. The lowest BCUT2D eigenvalue weighted by Crippen LogP contribution is -2.33. The summed E-state index contributed by atoms with van der Waals surface area (Å²) in [5.74, 6) is -0.817. The Morgan fingerprint density at radius 1 is 1.35 bits per heavy atom. The molecule has 2 rings (SSSR count). The molecule has 0 saturated heterocycles. The minimum Gasteiger partial charge on any atom is -0.435 e. The normalized spacial score (nSPS) is 10.4. The number of aromatic nitrogens is 2. The van der Waals surface area contributed by atoms with E-state index in [1.165, 1.54) is 22.9 Å². The van der Waals surface area contributed by atoms with Crippen molar-refractivity contribution in [3.8, 4) is 5.75 Å². The van der Waals surface area contributed by atoms with Crippen LogP contribution in [0.2, 0.25) is 0 Å². The van der Waals surface area contributed by atoms with Gasteiger partial charge in [0.1, 0.15) is 5.75 Å². The molecule has 0 fully saturated rings. The van der Waals surface area contributed by atoms with Crippen molar-refractivity contribution in [1.29, 1.82) is 0 Å². The number of carbonyl (C=O) groups excluding carboxylic acids is 2. The van der Waals surface area contributed by atoms with Crippen molar-refractivity contribution in [1.82, 2.24) is 15.1 Å². The van der Waals surface area contributed by atoms with E-state index in [-0.39, 0.29) is 17.9 Å². The van der Waals surface area contributed by atoms with Gasteiger partial charge in [-0.2, -0.15) is 13.9 Å². The third kappa shape index (κ3) is 5.06. The Labute approximate surface area is 130 Å². The molecule has 0 unspecified atom stereocenters. The second-order valence-corrected chi connectivity index (χ2v) is 4.51. The van der Waals surface area contributed by atoms with Crippen molar-refractivity contribution in [3.63, 3.8) is 0 Å². The first-order valence-electron chi connectivity index (χ1n) is 6.56. The van der Waals surface area contributed by atoms with E-state index in [2.05, 4.69) is 20.5 Å². The fraction of sp³-hybridized carbons (Fsp3) is 0.214. The van der Waals surface area contributed by atoms with Crippen LogP contribution in [0.15, 0.2) is 36.5 Å². The molecule has 1 aromatic heterocycles. The molecule has 2 amide bonds. The van der Waals surface area contributed by atoms with E-state index >= 15 is 0 Å². The number of amides is 2. The number of carbonyl (C=O) groups is 2. The molecular formula is C14H14F2N4O3. The Morgan fingerprint density at radius 2 is 2.13 bits per heavy atom. The zero-order valence-electron chi connectivity index (χ0n) is 12.1. The number of benzene rings is 1. The van der Waals surface area contributed by atoms with Gasteiger partial charge in [-0.3, -0.25) is 14.3 Å². The second kappa shape index (κ2) is 7.34. The molecule has 2 N–H and O–H groups in total. The van der Waals surface area contributed by atoms with Crippen LogP contribution in [0.4, 0.5) is 14.6 Å². The number of anilines is 1. The van der Waals surface area contributed by atoms with Gasteiger partial charge >= 0.3 is 6.61 Å². The SMILES string of the molecule is Cn1ccc(NC(=O)CNC(=O)c2cccc(OC(F)F)c2)n1. The third-order valence-electron chi connectivity index (χ3n) is 2.71. The Hall–Kier alpha value is -2.97. The molecule has 0 radical (unpaired) electrons. The number of hydrogen-bond donors (Lipinski definition) is 2. The highest BCUT2D eigenvalue weighted by Crippen LogP contribution is 2.15. The predicted octanol–water partition coefficient (Wildman–Crippen LogP) is 1.39. The van der Waals surface area contributed by atoms with Crippen molar-refractivity contribution in [2.75, 3.05) is 11.9 Å². The van der Waals surface area contributed by atoms with Crippen LogP contribution in [-0.2, 0) is 11.8 Å². The molecule has 0 saturated carbocycles. The fourth-order valence-corrected chi connectivity index (χ4v) is 1.74. The summed E-state index contributed by atoms with van der Waals surface area (Å²) in [4.78, 5) is 23.6. The average molecular weight is 324 g/mol. The minimum absolute atomic E-state index is 0.105.